The lowest BCUT2D eigenvalue weighted by Crippen LogP contribution is -1.70. The maximum atomic E-state index is 8.90. The second-order valence-electron chi connectivity index (χ2n) is 2.52. The molecule has 0 fully saturated rings. The van der Waals surface area contributed by atoms with Crippen LogP contribution < -0.4 is 0 Å². The molecule has 74 valence electrons. The van der Waals surface area contributed by atoms with E-state index in [2.05, 4.69) is 20.9 Å². The van der Waals surface area contributed by atoms with Gasteiger partial charge in [-0.1, -0.05) is 11.6 Å². The number of thiophene rings is 1. The molecular formula is C8H5BrClNOS2. The molecule has 0 spiro atoms. The molecule has 2 aromatic heterocycles. The lowest BCUT2D eigenvalue weighted by Gasteiger charge is -1.85. The van der Waals surface area contributed by atoms with Crippen LogP contribution in [-0.4, -0.2) is 10.1 Å². The Morgan fingerprint density at radius 2 is 2.29 bits per heavy atom. The lowest BCUT2D eigenvalue weighted by molar-refractivity contribution is 0.285. The zero-order valence-corrected chi connectivity index (χ0v) is 10.8. The van der Waals surface area contributed by atoms with Crippen molar-refractivity contribution in [1.82, 2.24) is 4.98 Å². The third-order valence-electron chi connectivity index (χ3n) is 1.57. The molecule has 0 saturated heterocycles. The smallest absolute Gasteiger partial charge is 0.133 e. The van der Waals surface area contributed by atoms with E-state index in [0.717, 1.165) is 23.6 Å². The highest BCUT2D eigenvalue weighted by molar-refractivity contribution is 9.10. The van der Waals surface area contributed by atoms with E-state index >= 15 is 0 Å². The minimum Gasteiger partial charge on any atom is -0.391 e. The van der Waals surface area contributed by atoms with E-state index in [1.807, 2.05) is 6.07 Å². The molecule has 0 atom stereocenters. The number of aromatic nitrogens is 1. The quantitative estimate of drug-likeness (QED) is 0.915. The van der Waals surface area contributed by atoms with E-state index in [1.165, 1.54) is 22.7 Å². The summed E-state index contributed by atoms with van der Waals surface area (Å²) in [6.07, 6.45) is 1.68. The number of aliphatic hydroxyl groups excluding tert-OH is 1. The second kappa shape index (κ2) is 4.28. The van der Waals surface area contributed by atoms with Gasteiger partial charge in [0.15, 0.2) is 0 Å². The molecule has 0 aliphatic rings. The maximum Gasteiger partial charge on any atom is 0.133 e. The zero-order chi connectivity index (χ0) is 10.1. The molecule has 2 rings (SSSR count). The normalized spacial score (nSPS) is 10.8. The van der Waals surface area contributed by atoms with E-state index in [-0.39, 0.29) is 6.61 Å². The van der Waals surface area contributed by atoms with Gasteiger partial charge in [0.25, 0.3) is 0 Å². The summed E-state index contributed by atoms with van der Waals surface area (Å²) in [6, 6.07) is 1.94. The molecule has 0 radical (unpaired) electrons. The minimum atomic E-state index is 0.0396. The summed E-state index contributed by atoms with van der Waals surface area (Å²) >= 11 is 12.2. The van der Waals surface area contributed by atoms with Crippen LogP contribution in [0.5, 0.6) is 0 Å². The number of halogens is 2. The zero-order valence-electron chi connectivity index (χ0n) is 6.83. The predicted octanol–water partition coefficient (Wildman–Crippen LogP) is 3.78. The number of nitrogens with zero attached hydrogens (tertiary/aromatic N) is 1. The van der Waals surface area contributed by atoms with E-state index in [9.17, 15) is 0 Å². The van der Waals surface area contributed by atoms with Gasteiger partial charge in [-0.15, -0.1) is 22.7 Å². The molecular weight excluding hydrogens is 306 g/mol. The molecule has 6 heteroatoms. The van der Waals surface area contributed by atoms with Gasteiger partial charge in [-0.05, 0) is 22.0 Å². The summed E-state index contributed by atoms with van der Waals surface area (Å²) in [5.41, 5.74) is 0. The molecule has 0 aromatic carbocycles. The molecule has 1 N–H and O–H groups in total. The standard InChI is InChI=1S/C8H5BrClNOS2/c9-5-1-6(14-7(5)10)8-11-2-4(3-12)13-8/h1-2,12H,3H2. The third kappa shape index (κ3) is 2.01. The van der Waals surface area contributed by atoms with E-state index in [4.69, 9.17) is 16.7 Å². The Morgan fingerprint density at radius 3 is 2.79 bits per heavy atom. The van der Waals surface area contributed by atoms with Crippen molar-refractivity contribution in [2.75, 3.05) is 0 Å². The van der Waals surface area contributed by atoms with Crippen LogP contribution in [0.15, 0.2) is 16.7 Å². The Balaban J connectivity index is 2.39. The predicted molar refractivity (Wildman–Crippen MR) is 64.1 cm³/mol. The van der Waals surface area contributed by atoms with E-state index in [0.29, 0.717) is 0 Å². The SMILES string of the molecule is OCc1cnc(-c2cc(Br)c(Cl)s2)s1. The van der Waals surface area contributed by atoms with E-state index < -0.39 is 0 Å². The monoisotopic (exact) mass is 309 g/mol. The van der Waals surface area contributed by atoms with Gasteiger partial charge in [-0.2, -0.15) is 0 Å². The molecule has 14 heavy (non-hydrogen) atoms. The Labute approximate surface area is 102 Å². The Bertz CT molecular complexity index is 434. The van der Waals surface area contributed by atoms with Gasteiger partial charge < -0.3 is 5.11 Å². The van der Waals surface area contributed by atoms with Crippen LogP contribution in [0.2, 0.25) is 4.34 Å². The Hall–Kier alpha value is 0.0600. The van der Waals surface area contributed by atoms with Gasteiger partial charge in [-0.25, -0.2) is 4.98 Å². The van der Waals surface area contributed by atoms with Crippen LogP contribution in [-0.2, 0) is 6.61 Å². The number of rotatable bonds is 2. The first-order chi connectivity index (χ1) is 6.70. The summed E-state index contributed by atoms with van der Waals surface area (Å²) in [5, 5.41) is 9.79. The third-order valence-corrected chi connectivity index (χ3v) is 5.19. The van der Waals surface area contributed by atoms with Crippen LogP contribution >= 0.6 is 50.2 Å². The molecule has 2 aromatic rings. The van der Waals surface area contributed by atoms with Gasteiger partial charge in [-0.3, -0.25) is 0 Å². The summed E-state index contributed by atoms with van der Waals surface area (Å²) in [5.74, 6) is 0. The van der Waals surface area contributed by atoms with Crippen molar-refractivity contribution in [1.29, 1.82) is 0 Å². The number of thiazole rings is 1. The van der Waals surface area contributed by atoms with Crippen molar-refractivity contribution in [2.45, 2.75) is 6.61 Å². The molecule has 0 saturated carbocycles. The minimum absolute atomic E-state index is 0.0396. The van der Waals surface area contributed by atoms with Gasteiger partial charge in [0.05, 0.1) is 16.4 Å². The Morgan fingerprint density at radius 1 is 1.50 bits per heavy atom. The van der Waals surface area contributed by atoms with Crippen LogP contribution in [0, 0.1) is 0 Å². The highest BCUT2D eigenvalue weighted by Gasteiger charge is 2.10. The van der Waals surface area contributed by atoms with Gasteiger partial charge in [0, 0.05) is 10.7 Å². The highest BCUT2D eigenvalue weighted by Crippen LogP contribution is 2.39. The molecule has 2 heterocycles. The number of hydrogen-bond acceptors (Lipinski definition) is 4. The molecule has 0 unspecified atom stereocenters. The highest BCUT2D eigenvalue weighted by atomic mass is 79.9. The van der Waals surface area contributed by atoms with Gasteiger partial charge in [0.1, 0.15) is 9.34 Å². The fourth-order valence-electron chi connectivity index (χ4n) is 0.946. The van der Waals surface area contributed by atoms with Crippen LogP contribution in [0.25, 0.3) is 9.88 Å². The average Bonchev–Trinajstić information content (AvgIpc) is 2.74. The van der Waals surface area contributed by atoms with Gasteiger partial charge in [0.2, 0.25) is 0 Å². The Kier molecular flexibility index (Phi) is 3.23. The van der Waals surface area contributed by atoms with Crippen molar-refractivity contribution < 1.29 is 5.11 Å². The first kappa shape index (κ1) is 10.6. The van der Waals surface area contributed by atoms with Crippen molar-refractivity contribution in [3.8, 4) is 9.88 Å². The summed E-state index contributed by atoms with van der Waals surface area (Å²) in [4.78, 5) is 6.08. The second-order valence-corrected chi connectivity index (χ2v) is 6.15. The molecule has 2 nitrogen and oxygen atoms in total. The number of hydrogen-bond donors (Lipinski definition) is 1. The first-order valence-corrected chi connectivity index (χ1v) is 6.52. The summed E-state index contributed by atoms with van der Waals surface area (Å²) in [6.45, 7) is 0.0396. The largest absolute Gasteiger partial charge is 0.391 e. The average molecular weight is 311 g/mol. The van der Waals surface area contributed by atoms with Crippen LogP contribution in [0.4, 0.5) is 0 Å². The van der Waals surface area contributed by atoms with E-state index in [1.54, 1.807) is 6.20 Å². The summed E-state index contributed by atoms with van der Waals surface area (Å²) < 4.78 is 1.61. The molecule has 0 aliphatic heterocycles. The van der Waals surface area contributed by atoms with Crippen molar-refractivity contribution >= 4 is 50.2 Å². The molecule has 0 aliphatic carbocycles. The maximum absolute atomic E-state index is 8.90. The fourth-order valence-corrected chi connectivity index (χ4v) is 3.47. The molecule has 0 amide bonds. The van der Waals surface area contributed by atoms with Crippen molar-refractivity contribution in [2.24, 2.45) is 0 Å². The lowest BCUT2D eigenvalue weighted by atomic mass is 10.5. The van der Waals surface area contributed by atoms with Crippen LogP contribution in [0.1, 0.15) is 4.88 Å². The fraction of sp³-hybridized carbons (Fsp3) is 0.125. The van der Waals surface area contributed by atoms with Crippen molar-refractivity contribution in [3.63, 3.8) is 0 Å². The first-order valence-electron chi connectivity index (χ1n) is 3.71. The summed E-state index contributed by atoms with van der Waals surface area (Å²) in [7, 11) is 0. The van der Waals surface area contributed by atoms with Gasteiger partial charge >= 0.3 is 0 Å². The topological polar surface area (TPSA) is 33.1 Å². The van der Waals surface area contributed by atoms with Crippen molar-refractivity contribution in [3.05, 3.63) is 25.9 Å². The van der Waals surface area contributed by atoms with Crippen LogP contribution in [0.3, 0.4) is 0 Å². The molecule has 0 bridgehead atoms. The number of aliphatic hydroxyl groups is 1.